The number of para-hydroxylation sites is 2. The van der Waals surface area contributed by atoms with E-state index < -0.39 is 17.2 Å². The number of fused-ring (bicyclic) bond motifs is 1. The summed E-state index contributed by atoms with van der Waals surface area (Å²) >= 11 is -1.45. The van der Waals surface area contributed by atoms with Crippen LogP contribution in [0.25, 0.3) is 21.6 Å². The van der Waals surface area contributed by atoms with Crippen molar-refractivity contribution >= 4 is 50.9 Å². The lowest BCUT2D eigenvalue weighted by atomic mass is 10.2. The minimum atomic E-state index is -2.45. The molecule has 0 saturated heterocycles. The zero-order valence-corrected chi connectivity index (χ0v) is 16.3. The van der Waals surface area contributed by atoms with Crippen LogP contribution in [0.15, 0.2) is 65.1 Å². The van der Waals surface area contributed by atoms with Crippen molar-refractivity contribution in [2.24, 2.45) is 0 Å². The van der Waals surface area contributed by atoms with Gasteiger partial charge in [0.05, 0.1) is 16.3 Å². The average molecular weight is 413 g/mol. The van der Waals surface area contributed by atoms with Gasteiger partial charge in [-0.2, -0.15) is 0 Å². The molecule has 0 spiro atoms. The Labute approximate surface area is 167 Å². The summed E-state index contributed by atoms with van der Waals surface area (Å²) in [6.07, 6.45) is 0. The Morgan fingerprint density at radius 2 is 1.79 bits per heavy atom. The first-order valence-corrected chi connectivity index (χ1v) is 10.2. The van der Waals surface area contributed by atoms with Crippen LogP contribution in [0.1, 0.15) is 15.2 Å². The summed E-state index contributed by atoms with van der Waals surface area (Å²) in [5, 5.41) is 10.6. The second-order valence-electron chi connectivity index (χ2n) is 6.09. The van der Waals surface area contributed by atoms with E-state index in [1.54, 1.807) is 31.2 Å². The Morgan fingerprint density at radius 1 is 1.07 bits per heavy atom. The first-order valence-electron chi connectivity index (χ1n) is 8.28. The largest absolute Gasteiger partial charge is 0.477 e. The van der Waals surface area contributed by atoms with Gasteiger partial charge in [-0.3, -0.25) is 4.55 Å². The third-order valence-corrected chi connectivity index (χ3v) is 6.12. The van der Waals surface area contributed by atoms with Crippen LogP contribution in [0.4, 0.5) is 11.4 Å². The highest BCUT2D eigenvalue weighted by molar-refractivity contribution is 7.81. The monoisotopic (exact) mass is 413 g/mol. The summed E-state index contributed by atoms with van der Waals surface area (Å²) in [7, 11) is 0. The van der Waals surface area contributed by atoms with Crippen LogP contribution in [0.3, 0.4) is 0 Å². The fraction of sp³-hybridized carbons (Fsp3) is 0.0500. The quantitative estimate of drug-likeness (QED) is 0.425. The van der Waals surface area contributed by atoms with Crippen molar-refractivity contribution in [1.29, 1.82) is 0 Å². The number of hydrogen-bond acceptors (Lipinski definition) is 4. The number of nitrogens with zero attached hydrogens (tertiary/aromatic N) is 1. The highest BCUT2D eigenvalue weighted by Gasteiger charge is 2.27. The number of thiophene rings is 1. The molecule has 8 heteroatoms. The van der Waals surface area contributed by atoms with Crippen LogP contribution in [0.5, 0.6) is 0 Å². The van der Waals surface area contributed by atoms with E-state index in [0.29, 0.717) is 21.9 Å². The molecule has 4 rings (SSSR count). The highest BCUT2D eigenvalue weighted by atomic mass is 32.2. The van der Waals surface area contributed by atoms with Gasteiger partial charge in [0.2, 0.25) is 0 Å². The molecule has 1 unspecified atom stereocenters. The van der Waals surface area contributed by atoms with Crippen molar-refractivity contribution in [3.8, 4) is 10.6 Å². The second-order valence-corrected chi connectivity index (χ2v) is 7.97. The second kappa shape index (κ2) is 7.23. The SMILES string of the molecule is Cc1ccccc1N(c1cc(-c2cc3ccccc3o2)sc1C(=O)O)S(=O)O. The van der Waals surface area contributed by atoms with E-state index in [-0.39, 0.29) is 10.6 Å². The fourth-order valence-corrected chi connectivity index (χ4v) is 4.68. The van der Waals surface area contributed by atoms with E-state index in [0.717, 1.165) is 26.6 Å². The van der Waals surface area contributed by atoms with Gasteiger partial charge in [-0.25, -0.2) is 13.3 Å². The van der Waals surface area contributed by atoms with Crippen molar-refractivity contribution in [2.45, 2.75) is 6.92 Å². The Morgan fingerprint density at radius 3 is 2.46 bits per heavy atom. The number of hydrogen-bond donors (Lipinski definition) is 2. The van der Waals surface area contributed by atoms with Gasteiger partial charge in [-0.1, -0.05) is 36.4 Å². The molecule has 0 saturated carbocycles. The van der Waals surface area contributed by atoms with Crippen molar-refractivity contribution in [2.75, 3.05) is 4.31 Å². The first-order chi connectivity index (χ1) is 13.5. The molecular weight excluding hydrogens is 398 g/mol. The zero-order chi connectivity index (χ0) is 19.8. The Bertz CT molecular complexity index is 1180. The maximum Gasteiger partial charge on any atom is 0.348 e. The normalized spacial score (nSPS) is 12.2. The van der Waals surface area contributed by atoms with E-state index in [4.69, 9.17) is 4.42 Å². The molecule has 0 amide bonds. The van der Waals surface area contributed by atoms with E-state index in [1.807, 2.05) is 36.4 Å². The summed E-state index contributed by atoms with van der Waals surface area (Å²) < 4.78 is 29.0. The molecule has 2 N–H and O–H groups in total. The zero-order valence-electron chi connectivity index (χ0n) is 14.7. The molecule has 2 aromatic carbocycles. The number of carboxylic acids is 1. The maximum atomic E-state index is 12.1. The van der Waals surface area contributed by atoms with E-state index in [1.165, 1.54) is 0 Å². The Hall–Kier alpha value is -2.94. The van der Waals surface area contributed by atoms with Gasteiger partial charge >= 0.3 is 5.97 Å². The van der Waals surface area contributed by atoms with E-state index in [2.05, 4.69) is 0 Å². The van der Waals surface area contributed by atoms with Gasteiger partial charge in [-0.15, -0.1) is 11.3 Å². The molecule has 0 aliphatic carbocycles. The molecule has 28 heavy (non-hydrogen) atoms. The predicted molar refractivity (Wildman–Crippen MR) is 111 cm³/mol. The molecule has 6 nitrogen and oxygen atoms in total. The van der Waals surface area contributed by atoms with Crippen molar-refractivity contribution in [3.05, 3.63) is 71.1 Å². The van der Waals surface area contributed by atoms with Crippen LogP contribution >= 0.6 is 11.3 Å². The molecule has 0 radical (unpaired) electrons. The summed E-state index contributed by atoms with van der Waals surface area (Å²) in [6.45, 7) is 1.79. The van der Waals surface area contributed by atoms with Crippen LogP contribution in [0, 0.1) is 6.92 Å². The number of carboxylic acid groups (broad SMARTS) is 1. The van der Waals surface area contributed by atoms with E-state index >= 15 is 0 Å². The molecule has 0 fully saturated rings. The standard InChI is InChI=1S/C20H15NO5S2/c1-12-6-2-4-8-14(12)21(28(24)25)15-11-18(27-19(15)20(22)23)17-10-13-7-3-5-9-16(13)26-17/h2-11H,1H3,(H,22,23)(H,24,25). The summed E-state index contributed by atoms with van der Waals surface area (Å²) in [5.74, 6) is -0.667. The number of carbonyl (C=O) groups is 1. The summed E-state index contributed by atoms with van der Waals surface area (Å²) in [4.78, 5) is 12.4. The van der Waals surface area contributed by atoms with Gasteiger partial charge in [0.15, 0.2) is 0 Å². The molecule has 0 bridgehead atoms. The van der Waals surface area contributed by atoms with Crippen LogP contribution in [0.2, 0.25) is 0 Å². The predicted octanol–water partition coefficient (Wildman–Crippen LogP) is 5.44. The average Bonchev–Trinajstić information content (AvgIpc) is 3.27. The van der Waals surface area contributed by atoms with Gasteiger partial charge in [0, 0.05) is 5.39 Å². The third kappa shape index (κ3) is 3.22. The number of aryl methyl sites for hydroxylation is 1. The Kier molecular flexibility index (Phi) is 4.76. The van der Waals surface area contributed by atoms with Crippen LogP contribution < -0.4 is 4.31 Å². The molecule has 0 aliphatic rings. The minimum Gasteiger partial charge on any atom is -0.477 e. The maximum absolute atomic E-state index is 12.1. The van der Waals surface area contributed by atoms with Crippen molar-refractivity contribution in [3.63, 3.8) is 0 Å². The number of rotatable bonds is 5. The smallest absolute Gasteiger partial charge is 0.348 e. The third-order valence-electron chi connectivity index (χ3n) is 4.28. The van der Waals surface area contributed by atoms with Gasteiger partial charge in [0.25, 0.3) is 11.3 Å². The molecule has 142 valence electrons. The van der Waals surface area contributed by atoms with Crippen LogP contribution in [-0.2, 0) is 11.3 Å². The highest BCUT2D eigenvalue weighted by Crippen LogP contribution is 2.42. The van der Waals surface area contributed by atoms with Crippen LogP contribution in [-0.4, -0.2) is 19.8 Å². The van der Waals surface area contributed by atoms with Crippen molar-refractivity contribution < 1.29 is 23.1 Å². The molecule has 0 aliphatic heterocycles. The van der Waals surface area contributed by atoms with Gasteiger partial charge < -0.3 is 9.52 Å². The first kappa shape index (κ1) is 18.4. The fourth-order valence-electron chi connectivity index (χ4n) is 3.00. The molecule has 4 aromatic rings. The van der Waals surface area contributed by atoms with E-state index in [9.17, 15) is 18.7 Å². The number of aromatic carboxylic acids is 1. The topological polar surface area (TPSA) is 91.0 Å². The minimum absolute atomic E-state index is 0.0406. The molecular formula is C20H15NO5S2. The van der Waals surface area contributed by atoms with Crippen molar-refractivity contribution in [1.82, 2.24) is 0 Å². The molecule has 2 heterocycles. The lowest BCUT2D eigenvalue weighted by Gasteiger charge is -2.21. The van der Waals surface area contributed by atoms with Gasteiger partial charge in [0.1, 0.15) is 16.2 Å². The lowest BCUT2D eigenvalue weighted by molar-refractivity contribution is 0.0703. The number of benzene rings is 2. The number of anilines is 2. The summed E-state index contributed by atoms with van der Waals surface area (Å²) in [6, 6.07) is 17.9. The molecule has 2 aromatic heterocycles. The summed E-state index contributed by atoms with van der Waals surface area (Å²) in [5.41, 5.74) is 2.03. The van der Waals surface area contributed by atoms with Gasteiger partial charge in [-0.05, 0) is 36.8 Å². The lowest BCUT2D eigenvalue weighted by Crippen LogP contribution is -2.21. The Balaban J connectivity index is 1.89. The molecule has 1 atom stereocenters. The number of furan rings is 1.